The van der Waals surface area contributed by atoms with Crippen molar-refractivity contribution >= 4 is 30.0 Å². The molecule has 43 heavy (non-hydrogen) atoms. The van der Waals surface area contributed by atoms with Gasteiger partial charge in [-0.2, -0.15) is 0 Å². The van der Waals surface area contributed by atoms with Crippen LogP contribution in [0.1, 0.15) is 115 Å². The number of hydrogen-bond donors (Lipinski definition) is 4. The maximum atomic E-state index is 13.5. The van der Waals surface area contributed by atoms with E-state index in [1.54, 1.807) is 55.4 Å². The molecule has 3 atom stereocenters. The number of esters is 1. The van der Waals surface area contributed by atoms with Crippen molar-refractivity contribution in [1.82, 2.24) is 21.3 Å². The molecule has 0 aliphatic heterocycles. The van der Waals surface area contributed by atoms with E-state index in [0.717, 1.165) is 6.42 Å². The Labute approximate surface area is 258 Å². The first-order chi connectivity index (χ1) is 19.8. The highest BCUT2D eigenvalue weighted by Crippen LogP contribution is 2.12. The molecule has 0 fully saturated rings. The predicted octanol–water partition coefficient (Wildman–Crippen LogP) is 4.59. The minimum atomic E-state index is -0.950. The Morgan fingerprint density at radius 1 is 0.698 bits per heavy atom. The number of alkyl carbamates (subject to hydrolysis) is 2. The molecule has 0 spiro atoms. The van der Waals surface area contributed by atoms with Gasteiger partial charge >= 0.3 is 18.2 Å². The van der Waals surface area contributed by atoms with Crippen LogP contribution in [0.5, 0.6) is 0 Å². The minimum absolute atomic E-state index is 0.0428. The third kappa shape index (κ3) is 19.7. The van der Waals surface area contributed by atoms with Gasteiger partial charge in [-0.05, 0) is 85.5 Å². The van der Waals surface area contributed by atoms with Crippen LogP contribution in [0, 0.1) is 11.8 Å². The van der Waals surface area contributed by atoms with E-state index in [1.807, 2.05) is 20.8 Å². The molecule has 0 aliphatic carbocycles. The molecule has 4 N–H and O–H groups in total. The van der Waals surface area contributed by atoms with Crippen LogP contribution >= 0.6 is 0 Å². The molecule has 0 aliphatic rings. The summed E-state index contributed by atoms with van der Waals surface area (Å²) in [7, 11) is 0. The van der Waals surface area contributed by atoms with Gasteiger partial charge < -0.3 is 35.5 Å². The van der Waals surface area contributed by atoms with Gasteiger partial charge in [0.1, 0.15) is 29.3 Å². The molecule has 0 aromatic carbocycles. The number of ether oxygens (including phenoxy) is 3. The lowest BCUT2D eigenvalue weighted by molar-refractivity contribution is -0.148. The van der Waals surface area contributed by atoms with Gasteiger partial charge in [0.25, 0.3) is 0 Å². The summed E-state index contributed by atoms with van der Waals surface area (Å²) in [6, 6.07) is -2.82. The van der Waals surface area contributed by atoms with Crippen LogP contribution in [0.2, 0.25) is 0 Å². The van der Waals surface area contributed by atoms with Gasteiger partial charge in [-0.1, -0.05) is 41.0 Å². The lowest BCUT2D eigenvalue weighted by Crippen LogP contribution is -2.57. The highest BCUT2D eigenvalue weighted by Gasteiger charge is 2.32. The molecule has 4 amide bonds. The molecular weight excluding hydrogens is 556 g/mol. The Kier molecular flexibility index (Phi) is 17.9. The smallest absolute Gasteiger partial charge is 0.408 e. The van der Waals surface area contributed by atoms with Crippen molar-refractivity contribution in [2.45, 2.75) is 144 Å². The Morgan fingerprint density at radius 2 is 1.26 bits per heavy atom. The first-order valence-electron chi connectivity index (χ1n) is 15.5. The molecule has 12 nitrogen and oxygen atoms in total. The second-order valence-electron chi connectivity index (χ2n) is 13.6. The lowest BCUT2D eigenvalue weighted by atomic mass is 9.99. The summed E-state index contributed by atoms with van der Waals surface area (Å²) in [5, 5.41) is 10.8. The van der Waals surface area contributed by atoms with Crippen molar-refractivity contribution in [3.05, 3.63) is 0 Å². The van der Waals surface area contributed by atoms with Gasteiger partial charge in [-0.25, -0.2) is 14.4 Å². The van der Waals surface area contributed by atoms with Gasteiger partial charge in [0, 0.05) is 6.54 Å². The fourth-order valence-corrected chi connectivity index (χ4v) is 3.85. The zero-order valence-corrected chi connectivity index (χ0v) is 28.3. The average Bonchev–Trinajstić information content (AvgIpc) is 2.83. The van der Waals surface area contributed by atoms with E-state index in [2.05, 4.69) is 21.3 Å². The van der Waals surface area contributed by atoms with Crippen LogP contribution in [0.15, 0.2) is 0 Å². The van der Waals surface area contributed by atoms with E-state index in [4.69, 9.17) is 14.2 Å². The van der Waals surface area contributed by atoms with Crippen LogP contribution in [-0.2, 0) is 28.6 Å². The summed E-state index contributed by atoms with van der Waals surface area (Å²) in [4.78, 5) is 63.9. The summed E-state index contributed by atoms with van der Waals surface area (Å²) in [6.45, 7) is 20.4. The number of nitrogens with one attached hydrogen (secondary N) is 4. The standard InChI is InChI=1S/C31H58N4O8/c1-12-13-18-41-27(38)22(16-14-15-17-32-28(39)42-30(6,7)8)33-25(36)23(19-20(2)3)34-26(37)24(21(4)5)35-29(40)43-31(9,10)11/h20-24H,12-19H2,1-11H3,(H,32,39)(H,33,36)(H,34,37)(H,35,40)/t22-,23-,24+/m0/s1. The van der Waals surface area contributed by atoms with E-state index >= 15 is 0 Å². The van der Waals surface area contributed by atoms with Crippen molar-refractivity contribution in [3.8, 4) is 0 Å². The van der Waals surface area contributed by atoms with Crippen LogP contribution in [0.25, 0.3) is 0 Å². The molecular formula is C31H58N4O8. The molecule has 0 heterocycles. The van der Waals surface area contributed by atoms with E-state index in [0.29, 0.717) is 32.2 Å². The third-order valence-corrected chi connectivity index (χ3v) is 5.89. The maximum absolute atomic E-state index is 13.5. The van der Waals surface area contributed by atoms with Crippen molar-refractivity contribution in [3.63, 3.8) is 0 Å². The summed E-state index contributed by atoms with van der Waals surface area (Å²) in [6.07, 6.45) is 1.94. The Bertz CT molecular complexity index is 893. The summed E-state index contributed by atoms with van der Waals surface area (Å²) >= 11 is 0. The summed E-state index contributed by atoms with van der Waals surface area (Å²) in [5.41, 5.74) is -1.35. The second-order valence-corrected chi connectivity index (χ2v) is 13.6. The number of unbranched alkanes of at least 4 members (excludes halogenated alkanes) is 2. The van der Waals surface area contributed by atoms with E-state index in [1.165, 1.54) is 0 Å². The lowest BCUT2D eigenvalue weighted by Gasteiger charge is -2.28. The van der Waals surface area contributed by atoms with E-state index in [9.17, 15) is 24.0 Å². The second kappa shape index (κ2) is 19.3. The van der Waals surface area contributed by atoms with Gasteiger partial charge in [-0.15, -0.1) is 0 Å². The fourth-order valence-electron chi connectivity index (χ4n) is 3.85. The molecule has 12 heteroatoms. The van der Waals surface area contributed by atoms with Crippen LogP contribution in [0.3, 0.4) is 0 Å². The van der Waals surface area contributed by atoms with Gasteiger partial charge in [0.2, 0.25) is 11.8 Å². The fraction of sp³-hybridized carbons (Fsp3) is 0.839. The van der Waals surface area contributed by atoms with Gasteiger partial charge in [0.15, 0.2) is 0 Å². The quantitative estimate of drug-likeness (QED) is 0.105. The van der Waals surface area contributed by atoms with E-state index < -0.39 is 59.3 Å². The van der Waals surface area contributed by atoms with E-state index in [-0.39, 0.29) is 24.9 Å². The molecule has 0 unspecified atom stereocenters. The van der Waals surface area contributed by atoms with Crippen molar-refractivity contribution in [2.75, 3.05) is 13.2 Å². The molecule has 0 rings (SSSR count). The highest BCUT2D eigenvalue weighted by atomic mass is 16.6. The van der Waals surface area contributed by atoms with Crippen molar-refractivity contribution < 1.29 is 38.2 Å². The normalized spacial score (nSPS) is 13.9. The number of carbonyl (C=O) groups is 5. The zero-order chi connectivity index (χ0) is 33.4. The number of carbonyl (C=O) groups excluding carboxylic acids is 5. The largest absolute Gasteiger partial charge is 0.464 e. The predicted molar refractivity (Wildman–Crippen MR) is 165 cm³/mol. The molecule has 0 bridgehead atoms. The highest BCUT2D eigenvalue weighted by molar-refractivity contribution is 5.93. The maximum Gasteiger partial charge on any atom is 0.408 e. The Hall–Kier alpha value is -3.05. The van der Waals surface area contributed by atoms with Crippen LogP contribution in [-0.4, -0.2) is 72.4 Å². The van der Waals surface area contributed by atoms with Crippen LogP contribution in [0.4, 0.5) is 9.59 Å². The molecule has 0 radical (unpaired) electrons. The average molecular weight is 615 g/mol. The first-order valence-corrected chi connectivity index (χ1v) is 15.5. The minimum Gasteiger partial charge on any atom is -0.464 e. The molecule has 0 saturated heterocycles. The number of rotatable bonds is 17. The van der Waals surface area contributed by atoms with Crippen molar-refractivity contribution in [1.29, 1.82) is 0 Å². The van der Waals surface area contributed by atoms with Gasteiger partial charge in [-0.3, -0.25) is 9.59 Å². The zero-order valence-electron chi connectivity index (χ0n) is 28.3. The third-order valence-electron chi connectivity index (χ3n) is 5.89. The first kappa shape index (κ1) is 40.0. The Balaban J connectivity index is 5.51. The molecule has 250 valence electrons. The molecule has 0 aromatic heterocycles. The monoisotopic (exact) mass is 614 g/mol. The topological polar surface area (TPSA) is 161 Å². The molecule has 0 aromatic rings. The SMILES string of the molecule is CCCCOC(=O)[C@H](CCCCNC(=O)OC(C)(C)C)NC(=O)[C@H](CC(C)C)NC(=O)[C@H](NC(=O)OC(C)(C)C)C(C)C. The van der Waals surface area contributed by atoms with Crippen molar-refractivity contribution in [2.24, 2.45) is 11.8 Å². The Morgan fingerprint density at radius 3 is 1.77 bits per heavy atom. The summed E-state index contributed by atoms with van der Waals surface area (Å²) in [5.74, 6) is -1.85. The van der Waals surface area contributed by atoms with Crippen LogP contribution < -0.4 is 21.3 Å². The molecule has 0 saturated carbocycles. The van der Waals surface area contributed by atoms with Gasteiger partial charge in [0.05, 0.1) is 6.61 Å². The number of amides is 4. The number of hydrogen-bond acceptors (Lipinski definition) is 8. The summed E-state index contributed by atoms with van der Waals surface area (Å²) < 4.78 is 15.9.